The summed E-state index contributed by atoms with van der Waals surface area (Å²) < 4.78 is 44.9. The summed E-state index contributed by atoms with van der Waals surface area (Å²) in [7, 11) is 1.17. The van der Waals surface area contributed by atoms with Crippen LogP contribution in [0.1, 0.15) is 11.3 Å². The normalized spacial score (nSPS) is 11.4. The molecule has 0 radical (unpaired) electrons. The summed E-state index contributed by atoms with van der Waals surface area (Å²) >= 11 is 3.06. The number of alkyl halides is 4. The lowest BCUT2D eigenvalue weighted by molar-refractivity contribution is -0.276. The Kier molecular flexibility index (Phi) is 4.58. The zero-order valence-corrected chi connectivity index (χ0v) is 10.3. The number of rotatable bonds is 4. The summed E-state index contributed by atoms with van der Waals surface area (Å²) in [5.74, 6) is -0.935. The van der Waals surface area contributed by atoms with E-state index in [0.29, 0.717) is 5.69 Å². The second-order valence-corrected chi connectivity index (χ2v) is 3.51. The van der Waals surface area contributed by atoms with Crippen LogP contribution < -0.4 is 9.47 Å². The maximum Gasteiger partial charge on any atom is 0.574 e. The number of aromatic nitrogens is 1. The standard InChI is InChI=1S/C9H9BrF3NO3/c1-16-7-5(4-15)2-6(3-10)14-8(7)17-9(11,12)13/h2,15H,3-4H2,1H3. The highest BCUT2D eigenvalue weighted by molar-refractivity contribution is 9.08. The van der Waals surface area contributed by atoms with Crippen LogP contribution in [0.15, 0.2) is 6.07 Å². The third-order valence-electron chi connectivity index (χ3n) is 1.80. The van der Waals surface area contributed by atoms with Crippen LogP contribution in [0.2, 0.25) is 0 Å². The second-order valence-electron chi connectivity index (χ2n) is 2.95. The van der Waals surface area contributed by atoms with Gasteiger partial charge in [0.2, 0.25) is 0 Å². The Hall–Kier alpha value is -1.02. The van der Waals surface area contributed by atoms with Gasteiger partial charge in [-0.15, -0.1) is 13.2 Å². The number of ether oxygens (including phenoxy) is 2. The SMILES string of the molecule is COc1c(CO)cc(CBr)nc1OC(F)(F)F. The fourth-order valence-corrected chi connectivity index (χ4v) is 1.49. The number of halogens is 4. The average molecular weight is 316 g/mol. The lowest BCUT2D eigenvalue weighted by Gasteiger charge is -2.14. The molecule has 0 aliphatic carbocycles. The monoisotopic (exact) mass is 315 g/mol. The van der Waals surface area contributed by atoms with E-state index in [4.69, 9.17) is 9.84 Å². The molecule has 0 spiro atoms. The average Bonchev–Trinajstić information content (AvgIpc) is 2.25. The minimum atomic E-state index is -4.86. The van der Waals surface area contributed by atoms with Gasteiger partial charge in [-0.25, -0.2) is 4.98 Å². The summed E-state index contributed by atoms with van der Waals surface area (Å²) in [6, 6.07) is 1.43. The maximum absolute atomic E-state index is 12.1. The Labute approximate surface area is 103 Å². The van der Waals surface area contributed by atoms with Crippen LogP contribution in [0, 0.1) is 0 Å². The Balaban J connectivity index is 3.24. The predicted molar refractivity (Wildman–Crippen MR) is 56.0 cm³/mol. The number of methoxy groups -OCH3 is 1. The molecule has 0 fully saturated rings. The van der Waals surface area contributed by atoms with E-state index in [2.05, 4.69) is 25.7 Å². The fourth-order valence-electron chi connectivity index (χ4n) is 1.20. The van der Waals surface area contributed by atoms with Crippen LogP contribution in [0.4, 0.5) is 13.2 Å². The van der Waals surface area contributed by atoms with Crippen molar-refractivity contribution in [2.45, 2.75) is 18.3 Å². The smallest absolute Gasteiger partial charge is 0.491 e. The van der Waals surface area contributed by atoms with E-state index in [1.165, 1.54) is 13.2 Å². The molecule has 1 N–H and O–H groups in total. The van der Waals surface area contributed by atoms with Gasteiger partial charge in [0.05, 0.1) is 19.4 Å². The Bertz CT molecular complexity index is 398. The quantitative estimate of drug-likeness (QED) is 0.867. The minimum Gasteiger partial charge on any atom is -0.491 e. The van der Waals surface area contributed by atoms with Gasteiger partial charge in [-0.3, -0.25) is 0 Å². The van der Waals surface area contributed by atoms with Crippen LogP contribution in [0.3, 0.4) is 0 Å². The van der Waals surface area contributed by atoms with Crippen molar-refractivity contribution >= 4 is 15.9 Å². The van der Waals surface area contributed by atoms with Crippen molar-refractivity contribution in [2.24, 2.45) is 0 Å². The number of aliphatic hydroxyl groups is 1. The Morgan fingerprint density at radius 3 is 2.53 bits per heavy atom. The zero-order chi connectivity index (χ0) is 13.1. The second kappa shape index (κ2) is 5.54. The summed E-state index contributed by atoms with van der Waals surface area (Å²) in [5.41, 5.74) is 0.477. The Morgan fingerprint density at radius 2 is 2.12 bits per heavy atom. The molecule has 0 aliphatic heterocycles. The predicted octanol–water partition coefficient (Wildman–Crippen LogP) is 2.38. The van der Waals surface area contributed by atoms with Crippen molar-refractivity contribution in [1.82, 2.24) is 4.98 Å². The topological polar surface area (TPSA) is 51.6 Å². The highest BCUT2D eigenvalue weighted by Crippen LogP contribution is 2.34. The van der Waals surface area contributed by atoms with Gasteiger partial charge >= 0.3 is 6.36 Å². The first kappa shape index (κ1) is 14.0. The third-order valence-corrected chi connectivity index (χ3v) is 2.37. The van der Waals surface area contributed by atoms with E-state index in [1.807, 2.05) is 0 Å². The van der Waals surface area contributed by atoms with Crippen molar-refractivity contribution in [2.75, 3.05) is 7.11 Å². The molecule has 96 valence electrons. The van der Waals surface area contributed by atoms with Gasteiger partial charge in [0.15, 0.2) is 5.75 Å². The van der Waals surface area contributed by atoms with Crippen molar-refractivity contribution in [3.05, 3.63) is 17.3 Å². The molecule has 1 heterocycles. The van der Waals surface area contributed by atoms with E-state index in [1.54, 1.807) is 0 Å². The van der Waals surface area contributed by atoms with Gasteiger partial charge in [0.25, 0.3) is 5.88 Å². The summed E-state index contributed by atoms with van der Waals surface area (Å²) in [6.07, 6.45) is -4.86. The molecule has 1 aromatic rings. The first-order chi connectivity index (χ1) is 7.91. The molecule has 0 atom stereocenters. The molecule has 0 saturated heterocycles. The molecule has 0 amide bonds. The Morgan fingerprint density at radius 1 is 1.47 bits per heavy atom. The number of pyridine rings is 1. The maximum atomic E-state index is 12.1. The summed E-state index contributed by atoms with van der Waals surface area (Å²) in [6.45, 7) is -0.472. The zero-order valence-electron chi connectivity index (χ0n) is 8.71. The van der Waals surface area contributed by atoms with E-state index < -0.39 is 18.8 Å². The fraction of sp³-hybridized carbons (Fsp3) is 0.444. The van der Waals surface area contributed by atoms with Crippen LogP contribution >= 0.6 is 15.9 Å². The van der Waals surface area contributed by atoms with Gasteiger partial charge in [-0.2, -0.15) is 0 Å². The van der Waals surface area contributed by atoms with E-state index >= 15 is 0 Å². The molecule has 4 nitrogen and oxygen atoms in total. The first-order valence-corrected chi connectivity index (χ1v) is 5.52. The van der Waals surface area contributed by atoms with Crippen molar-refractivity contribution < 1.29 is 27.8 Å². The molecule has 0 unspecified atom stereocenters. The molecular weight excluding hydrogens is 307 g/mol. The van der Waals surface area contributed by atoms with Crippen LogP contribution in [0.5, 0.6) is 11.6 Å². The van der Waals surface area contributed by atoms with Crippen molar-refractivity contribution in [1.29, 1.82) is 0 Å². The van der Waals surface area contributed by atoms with Crippen molar-refractivity contribution in [3.63, 3.8) is 0 Å². The van der Waals surface area contributed by atoms with Gasteiger partial charge in [-0.1, -0.05) is 15.9 Å². The van der Waals surface area contributed by atoms with Gasteiger partial charge < -0.3 is 14.6 Å². The van der Waals surface area contributed by atoms with E-state index in [-0.39, 0.29) is 16.6 Å². The summed E-state index contributed by atoms with van der Waals surface area (Å²) in [5, 5.41) is 9.27. The number of hydrogen-bond donors (Lipinski definition) is 1. The molecule has 0 aliphatic rings. The number of hydrogen-bond acceptors (Lipinski definition) is 4. The van der Waals surface area contributed by atoms with Crippen LogP contribution in [-0.4, -0.2) is 23.6 Å². The number of nitrogens with zero attached hydrogens (tertiary/aromatic N) is 1. The van der Waals surface area contributed by atoms with Crippen LogP contribution in [0.25, 0.3) is 0 Å². The number of aliphatic hydroxyl groups excluding tert-OH is 1. The molecule has 8 heteroatoms. The largest absolute Gasteiger partial charge is 0.574 e. The van der Waals surface area contributed by atoms with E-state index in [0.717, 1.165) is 0 Å². The van der Waals surface area contributed by atoms with Gasteiger partial charge in [0, 0.05) is 10.9 Å². The lowest BCUT2D eigenvalue weighted by atomic mass is 10.2. The molecule has 0 aromatic carbocycles. The van der Waals surface area contributed by atoms with Gasteiger partial charge in [-0.05, 0) is 6.07 Å². The molecule has 1 rings (SSSR count). The van der Waals surface area contributed by atoms with E-state index in [9.17, 15) is 13.2 Å². The minimum absolute atomic E-state index is 0.177. The van der Waals surface area contributed by atoms with Crippen molar-refractivity contribution in [3.8, 4) is 11.6 Å². The van der Waals surface area contributed by atoms with Gasteiger partial charge in [0.1, 0.15) is 0 Å². The lowest BCUT2D eigenvalue weighted by Crippen LogP contribution is -2.19. The first-order valence-electron chi connectivity index (χ1n) is 4.40. The highest BCUT2D eigenvalue weighted by atomic mass is 79.9. The molecular formula is C9H9BrF3NO3. The molecule has 0 saturated carbocycles. The molecule has 0 bridgehead atoms. The summed E-state index contributed by atoms with van der Waals surface area (Å²) in [4.78, 5) is 3.63. The van der Waals surface area contributed by atoms with Crippen LogP contribution in [-0.2, 0) is 11.9 Å². The highest BCUT2D eigenvalue weighted by Gasteiger charge is 2.34. The third kappa shape index (κ3) is 3.74. The molecule has 17 heavy (non-hydrogen) atoms. The molecule has 1 aromatic heterocycles.